The van der Waals surface area contributed by atoms with Gasteiger partial charge in [-0.15, -0.1) is 16.8 Å². The third kappa shape index (κ3) is 5.23. The molecule has 0 saturated carbocycles. The van der Waals surface area contributed by atoms with Crippen LogP contribution < -0.4 is 10.1 Å². The molecule has 0 radical (unpaired) electrons. The van der Waals surface area contributed by atoms with Crippen LogP contribution in [0.4, 0.5) is 5.13 Å². The summed E-state index contributed by atoms with van der Waals surface area (Å²) in [5, 5.41) is 11.7. The number of thioether (sulfide) groups is 1. The molecule has 1 amide bonds. The smallest absolute Gasteiger partial charge is 0.266 e. The number of carbonyl (C=O) groups excluding carboxylic acids is 1. The zero-order valence-electron chi connectivity index (χ0n) is 12.7. The Morgan fingerprint density at radius 3 is 3.04 bits per heavy atom. The van der Waals surface area contributed by atoms with Crippen LogP contribution in [0.2, 0.25) is 5.02 Å². The van der Waals surface area contributed by atoms with E-state index in [2.05, 4.69) is 22.1 Å². The van der Waals surface area contributed by atoms with Gasteiger partial charge >= 0.3 is 0 Å². The normalized spacial score (nSPS) is 11.8. The van der Waals surface area contributed by atoms with E-state index in [9.17, 15) is 4.79 Å². The van der Waals surface area contributed by atoms with E-state index < -0.39 is 6.10 Å². The molecule has 2 rings (SSSR count). The van der Waals surface area contributed by atoms with E-state index in [0.717, 1.165) is 15.7 Å². The number of rotatable bonds is 7. The number of hydrogen-bond acceptors (Lipinski definition) is 6. The molecule has 122 valence electrons. The van der Waals surface area contributed by atoms with Gasteiger partial charge in [-0.1, -0.05) is 40.8 Å². The fraction of sp³-hybridized carbons (Fsp3) is 0.267. The maximum Gasteiger partial charge on any atom is 0.266 e. The minimum Gasteiger partial charge on any atom is -0.481 e. The average Bonchev–Trinajstić information content (AvgIpc) is 2.96. The standard InChI is InChI=1S/C15H16ClN3O2S2/c1-4-7-22-15-19-18-14(23-15)17-13(20)10(3)21-11-5-6-12(16)9(2)8-11/h4-6,8,10H,1,7H2,2-3H3,(H,17,18,20)/t10-/m1/s1. The molecule has 1 atom stereocenters. The van der Waals surface area contributed by atoms with Crippen molar-refractivity contribution in [3.63, 3.8) is 0 Å². The minimum atomic E-state index is -0.663. The zero-order valence-corrected chi connectivity index (χ0v) is 15.1. The van der Waals surface area contributed by atoms with Gasteiger partial charge in [0, 0.05) is 10.8 Å². The molecule has 1 heterocycles. The molecule has 0 aliphatic heterocycles. The summed E-state index contributed by atoms with van der Waals surface area (Å²) < 4.78 is 6.40. The third-order valence-corrected chi connectivity index (χ3v) is 5.16. The van der Waals surface area contributed by atoms with Crippen LogP contribution in [0.15, 0.2) is 35.2 Å². The minimum absolute atomic E-state index is 0.283. The molecule has 1 aromatic carbocycles. The maximum atomic E-state index is 12.1. The number of amides is 1. The van der Waals surface area contributed by atoms with Crippen LogP contribution in [0, 0.1) is 6.92 Å². The summed E-state index contributed by atoms with van der Waals surface area (Å²) in [6.45, 7) is 7.20. The largest absolute Gasteiger partial charge is 0.481 e. The number of halogens is 1. The summed E-state index contributed by atoms with van der Waals surface area (Å²) in [5.41, 5.74) is 0.893. The van der Waals surface area contributed by atoms with Gasteiger partial charge < -0.3 is 4.74 Å². The van der Waals surface area contributed by atoms with Crippen LogP contribution in [-0.4, -0.2) is 28.0 Å². The Kier molecular flexibility index (Phi) is 6.44. The van der Waals surface area contributed by atoms with Crippen molar-refractivity contribution in [2.45, 2.75) is 24.3 Å². The zero-order chi connectivity index (χ0) is 16.8. The van der Waals surface area contributed by atoms with Crippen molar-refractivity contribution < 1.29 is 9.53 Å². The molecule has 0 fully saturated rings. The molecular weight excluding hydrogens is 354 g/mol. The highest BCUT2D eigenvalue weighted by Gasteiger charge is 2.17. The predicted molar refractivity (Wildman–Crippen MR) is 95.7 cm³/mol. The van der Waals surface area contributed by atoms with Gasteiger partial charge in [0.05, 0.1) is 0 Å². The van der Waals surface area contributed by atoms with E-state index in [1.165, 1.54) is 23.1 Å². The maximum absolute atomic E-state index is 12.1. The molecule has 1 aromatic heterocycles. The molecule has 23 heavy (non-hydrogen) atoms. The molecule has 8 heteroatoms. The second kappa shape index (κ2) is 8.33. The van der Waals surface area contributed by atoms with Crippen molar-refractivity contribution in [1.82, 2.24) is 10.2 Å². The van der Waals surface area contributed by atoms with Gasteiger partial charge in [-0.3, -0.25) is 10.1 Å². The number of anilines is 1. The molecule has 0 spiro atoms. The van der Waals surface area contributed by atoms with Crippen LogP contribution >= 0.6 is 34.7 Å². The first-order valence-electron chi connectivity index (χ1n) is 6.80. The van der Waals surface area contributed by atoms with E-state index in [4.69, 9.17) is 16.3 Å². The van der Waals surface area contributed by atoms with Gasteiger partial charge in [-0.25, -0.2) is 0 Å². The van der Waals surface area contributed by atoms with Crippen molar-refractivity contribution in [1.29, 1.82) is 0 Å². The highest BCUT2D eigenvalue weighted by Crippen LogP contribution is 2.26. The van der Waals surface area contributed by atoms with E-state index in [0.29, 0.717) is 15.9 Å². The Labute approximate surface area is 148 Å². The summed E-state index contributed by atoms with van der Waals surface area (Å²) in [7, 11) is 0. The second-order valence-corrected chi connectivity index (χ2v) is 7.28. The first-order valence-corrected chi connectivity index (χ1v) is 8.98. The molecule has 2 aromatic rings. The molecule has 5 nitrogen and oxygen atoms in total. The number of hydrogen-bond donors (Lipinski definition) is 1. The van der Waals surface area contributed by atoms with Crippen molar-refractivity contribution in [3.8, 4) is 5.75 Å². The lowest BCUT2D eigenvalue weighted by Gasteiger charge is -2.14. The van der Waals surface area contributed by atoms with Gasteiger partial charge in [0.1, 0.15) is 5.75 Å². The van der Waals surface area contributed by atoms with Gasteiger partial charge in [0.25, 0.3) is 5.91 Å². The summed E-state index contributed by atoms with van der Waals surface area (Å²) in [6.07, 6.45) is 1.12. The Morgan fingerprint density at radius 1 is 1.57 bits per heavy atom. The fourth-order valence-corrected chi connectivity index (χ4v) is 3.24. The van der Waals surface area contributed by atoms with E-state index in [1.807, 2.05) is 6.92 Å². The number of nitrogens with zero attached hydrogens (tertiary/aromatic N) is 2. The molecule has 0 unspecified atom stereocenters. The van der Waals surface area contributed by atoms with Crippen molar-refractivity contribution in [2.75, 3.05) is 11.1 Å². The number of aryl methyl sites for hydroxylation is 1. The molecule has 0 bridgehead atoms. The number of ether oxygens (including phenoxy) is 1. The van der Waals surface area contributed by atoms with Crippen molar-refractivity contribution >= 4 is 45.7 Å². The highest BCUT2D eigenvalue weighted by molar-refractivity contribution is 8.01. The summed E-state index contributed by atoms with van der Waals surface area (Å²) >= 11 is 8.80. The van der Waals surface area contributed by atoms with Gasteiger partial charge in [0.2, 0.25) is 5.13 Å². The van der Waals surface area contributed by atoms with Gasteiger partial charge in [-0.05, 0) is 37.6 Å². The van der Waals surface area contributed by atoms with Crippen LogP contribution in [0.25, 0.3) is 0 Å². The number of benzene rings is 1. The fourth-order valence-electron chi connectivity index (χ4n) is 1.60. The summed E-state index contributed by atoms with van der Waals surface area (Å²) in [4.78, 5) is 12.1. The second-order valence-electron chi connectivity index (χ2n) is 4.63. The van der Waals surface area contributed by atoms with E-state index >= 15 is 0 Å². The SMILES string of the molecule is C=CCSc1nnc(NC(=O)[C@@H](C)Oc2ccc(Cl)c(C)c2)s1. The van der Waals surface area contributed by atoms with Crippen LogP contribution in [-0.2, 0) is 4.79 Å². The van der Waals surface area contributed by atoms with Crippen molar-refractivity contribution in [2.24, 2.45) is 0 Å². The van der Waals surface area contributed by atoms with Crippen LogP contribution in [0.5, 0.6) is 5.75 Å². The van der Waals surface area contributed by atoms with Crippen LogP contribution in [0.1, 0.15) is 12.5 Å². The Hall–Kier alpha value is -1.57. The number of aromatic nitrogens is 2. The average molecular weight is 370 g/mol. The predicted octanol–water partition coefficient (Wildman–Crippen LogP) is 4.18. The topological polar surface area (TPSA) is 64.1 Å². The lowest BCUT2D eigenvalue weighted by Crippen LogP contribution is -2.30. The lowest BCUT2D eigenvalue weighted by atomic mass is 10.2. The molecular formula is C15H16ClN3O2S2. The summed E-state index contributed by atoms with van der Waals surface area (Å²) in [5.74, 6) is 1.06. The number of carbonyl (C=O) groups is 1. The Bertz CT molecular complexity index is 706. The Morgan fingerprint density at radius 2 is 2.35 bits per heavy atom. The molecule has 0 saturated heterocycles. The highest BCUT2D eigenvalue weighted by atomic mass is 35.5. The monoisotopic (exact) mass is 369 g/mol. The first kappa shape index (κ1) is 17.8. The van der Waals surface area contributed by atoms with Gasteiger partial charge in [0.15, 0.2) is 10.4 Å². The van der Waals surface area contributed by atoms with Crippen molar-refractivity contribution in [3.05, 3.63) is 41.4 Å². The van der Waals surface area contributed by atoms with Crippen LogP contribution in [0.3, 0.4) is 0 Å². The Balaban J connectivity index is 1.92. The molecule has 1 N–H and O–H groups in total. The molecule has 0 aliphatic carbocycles. The third-order valence-electron chi connectivity index (χ3n) is 2.77. The quantitative estimate of drug-likeness (QED) is 0.450. The van der Waals surface area contributed by atoms with Gasteiger partial charge in [-0.2, -0.15) is 0 Å². The van der Waals surface area contributed by atoms with E-state index in [-0.39, 0.29) is 5.91 Å². The summed E-state index contributed by atoms with van der Waals surface area (Å²) in [6, 6.07) is 5.26. The number of nitrogens with one attached hydrogen (secondary N) is 1. The lowest BCUT2D eigenvalue weighted by molar-refractivity contribution is -0.122. The first-order chi connectivity index (χ1) is 11.0. The molecule has 0 aliphatic rings. The van der Waals surface area contributed by atoms with E-state index in [1.54, 1.807) is 31.2 Å².